The molecule has 0 aromatic carbocycles. The molecule has 1 aliphatic rings. The lowest BCUT2D eigenvalue weighted by atomic mass is 10.1. The fourth-order valence-electron chi connectivity index (χ4n) is 2.14. The fraction of sp³-hybridized carbons (Fsp3) is 0.857. The van der Waals surface area contributed by atoms with Gasteiger partial charge in [0.25, 0.3) is 0 Å². The van der Waals surface area contributed by atoms with E-state index in [0.717, 1.165) is 25.7 Å². The summed E-state index contributed by atoms with van der Waals surface area (Å²) >= 11 is 0. The zero-order valence-electron chi connectivity index (χ0n) is 11.4. The summed E-state index contributed by atoms with van der Waals surface area (Å²) < 4.78 is 0. The highest BCUT2D eigenvalue weighted by Gasteiger charge is 2.32. The number of aliphatic carboxylic acids is 1. The van der Waals surface area contributed by atoms with Crippen LogP contribution >= 0.6 is 0 Å². The van der Waals surface area contributed by atoms with Crippen molar-refractivity contribution >= 4 is 11.9 Å². The average molecular weight is 255 g/mol. The van der Waals surface area contributed by atoms with E-state index in [0.29, 0.717) is 19.0 Å². The molecular formula is C14H25NO3. The first kappa shape index (κ1) is 15.0. The first-order valence-corrected chi connectivity index (χ1v) is 7.16. The Morgan fingerprint density at radius 2 is 1.78 bits per heavy atom. The summed E-state index contributed by atoms with van der Waals surface area (Å²) in [4.78, 5) is 24.4. The van der Waals surface area contributed by atoms with E-state index >= 15 is 0 Å². The Labute approximate surface area is 109 Å². The summed E-state index contributed by atoms with van der Waals surface area (Å²) in [6.07, 6.45) is 8.43. The lowest BCUT2D eigenvalue weighted by Crippen LogP contribution is -2.34. The first-order valence-electron chi connectivity index (χ1n) is 7.16. The standard InChI is InChI=1S/C14H25NO3/c1-2-3-4-5-6-7-13(16)15(12-8-9-12)11-10-14(17)18/h12H,2-11H2,1H3,(H,17,18). The van der Waals surface area contributed by atoms with Gasteiger partial charge in [-0.3, -0.25) is 9.59 Å². The molecule has 4 nitrogen and oxygen atoms in total. The second-order valence-corrected chi connectivity index (χ2v) is 5.13. The largest absolute Gasteiger partial charge is 0.481 e. The number of carboxylic acid groups (broad SMARTS) is 1. The zero-order chi connectivity index (χ0) is 13.4. The van der Waals surface area contributed by atoms with E-state index in [4.69, 9.17) is 5.11 Å². The first-order chi connectivity index (χ1) is 8.65. The highest BCUT2D eigenvalue weighted by atomic mass is 16.4. The van der Waals surface area contributed by atoms with E-state index in [9.17, 15) is 9.59 Å². The number of unbranched alkanes of at least 4 members (excludes halogenated alkanes) is 4. The van der Waals surface area contributed by atoms with Crippen LogP contribution in [0.25, 0.3) is 0 Å². The fourth-order valence-corrected chi connectivity index (χ4v) is 2.14. The Hall–Kier alpha value is -1.06. The summed E-state index contributed by atoms with van der Waals surface area (Å²) in [5.74, 6) is -0.674. The van der Waals surface area contributed by atoms with Gasteiger partial charge in [-0.1, -0.05) is 32.6 Å². The molecule has 0 saturated heterocycles. The van der Waals surface area contributed by atoms with Crippen LogP contribution in [0.1, 0.15) is 64.7 Å². The third-order valence-electron chi connectivity index (χ3n) is 3.37. The second-order valence-electron chi connectivity index (χ2n) is 5.13. The summed E-state index contributed by atoms with van der Waals surface area (Å²) in [5.41, 5.74) is 0. The lowest BCUT2D eigenvalue weighted by Gasteiger charge is -2.21. The Morgan fingerprint density at radius 3 is 2.33 bits per heavy atom. The van der Waals surface area contributed by atoms with Crippen molar-refractivity contribution in [2.75, 3.05) is 6.54 Å². The molecule has 0 aromatic rings. The van der Waals surface area contributed by atoms with Crippen LogP contribution in [0.15, 0.2) is 0 Å². The molecule has 1 rings (SSSR count). The van der Waals surface area contributed by atoms with Gasteiger partial charge in [0.1, 0.15) is 0 Å². The SMILES string of the molecule is CCCCCCCC(=O)N(CCC(=O)O)C1CC1. The van der Waals surface area contributed by atoms with Gasteiger partial charge in [0.05, 0.1) is 6.42 Å². The van der Waals surface area contributed by atoms with E-state index in [1.54, 1.807) is 4.90 Å². The van der Waals surface area contributed by atoms with Crippen LogP contribution < -0.4 is 0 Å². The molecule has 1 saturated carbocycles. The second kappa shape index (κ2) is 8.11. The van der Waals surface area contributed by atoms with Gasteiger partial charge < -0.3 is 10.0 Å². The molecule has 18 heavy (non-hydrogen) atoms. The average Bonchev–Trinajstić information content (AvgIpc) is 3.13. The molecule has 104 valence electrons. The van der Waals surface area contributed by atoms with Crippen LogP contribution in [0, 0.1) is 0 Å². The van der Waals surface area contributed by atoms with Crippen molar-refractivity contribution in [1.29, 1.82) is 0 Å². The quantitative estimate of drug-likeness (QED) is 0.611. The molecule has 4 heteroatoms. The minimum atomic E-state index is -0.823. The summed E-state index contributed by atoms with van der Waals surface area (Å²) in [5, 5.41) is 8.68. The Bertz CT molecular complexity index is 274. The number of amides is 1. The van der Waals surface area contributed by atoms with Crippen molar-refractivity contribution in [3.63, 3.8) is 0 Å². The van der Waals surface area contributed by atoms with E-state index < -0.39 is 5.97 Å². The van der Waals surface area contributed by atoms with Crippen molar-refractivity contribution in [2.24, 2.45) is 0 Å². The van der Waals surface area contributed by atoms with Gasteiger partial charge in [-0.05, 0) is 19.3 Å². The Balaban J connectivity index is 2.20. The Kier molecular flexibility index (Phi) is 6.76. The predicted octanol–water partition coefficient (Wildman–Crippen LogP) is 2.81. The van der Waals surface area contributed by atoms with Crippen LogP contribution in [-0.2, 0) is 9.59 Å². The van der Waals surface area contributed by atoms with Gasteiger partial charge >= 0.3 is 5.97 Å². The lowest BCUT2D eigenvalue weighted by molar-refractivity contribution is -0.138. The highest BCUT2D eigenvalue weighted by molar-refractivity contribution is 5.77. The van der Waals surface area contributed by atoms with Crippen molar-refractivity contribution in [2.45, 2.75) is 70.8 Å². The molecule has 0 spiro atoms. The van der Waals surface area contributed by atoms with E-state index in [-0.39, 0.29) is 12.3 Å². The van der Waals surface area contributed by atoms with Crippen molar-refractivity contribution in [3.05, 3.63) is 0 Å². The number of carbonyl (C=O) groups is 2. The molecule has 0 heterocycles. The maximum absolute atomic E-state index is 12.0. The third-order valence-corrected chi connectivity index (χ3v) is 3.37. The molecule has 1 N–H and O–H groups in total. The molecule has 0 aromatic heterocycles. The van der Waals surface area contributed by atoms with Gasteiger partial charge in [0.15, 0.2) is 0 Å². The van der Waals surface area contributed by atoms with Gasteiger partial charge in [-0.15, -0.1) is 0 Å². The molecule has 0 bridgehead atoms. The summed E-state index contributed by atoms with van der Waals surface area (Å²) in [6.45, 7) is 2.56. The molecule has 1 aliphatic carbocycles. The third kappa shape index (κ3) is 6.03. The van der Waals surface area contributed by atoms with Gasteiger partial charge in [-0.25, -0.2) is 0 Å². The molecule has 0 radical (unpaired) electrons. The van der Waals surface area contributed by atoms with Crippen LogP contribution in [0.4, 0.5) is 0 Å². The molecule has 1 amide bonds. The van der Waals surface area contributed by atoms with Crippen LogP contribution in [0.5, 0.6) is 0 Å². The smallest absolute Gasteiger partial charge is 0.305 e. The minimum absolute atomic E-state index is 0.0675. The number of hydrogen-bond acceptors (Lipinski definition) is 2. The van der Waals surface area contributed by atoms with Crippen LogP contribution in [-0.4, -0.2) is 34.5 Å². The topological polar surface area (TPSA) is 57.6 Å². The van der Waals surface area contributed by atoms with Crippen LogP contribution in [0.2, 0.25) is 0 Å². The monoisotopic (exact) mass is 255 g/mol. The van der Waals surface area contributed by atoms with Crippen molar-refractivity contribution in [3.8, 4) is 0 Å². The van der Waals surface area contributed by atoms with E-state index in [2.05, 4.69) is 6.92 Å². The van der Waals surface area contributed by atoms with Gasteiger partial charge in [0, 0.05) is 19.0 Å². The summed E-state index contributed by atoms with van der Waals surface area (Å²) in [6, 6.07) is 0.326. The maximum Gasteiger partial charge on any atom is 0.305 e. The highest BCUT2D eigenvalue weighted by Crippen LogP contribution is 2.27. The van der Waals surface area contributed by atoms with E-state index in [1.165, 1.54) is 19.3 Å². The molecule has 1 fully saturated rings. The van der Waals surface area contributed by atoms with Gasteiger partial charge in [-0.2, -0.15) is 0 Å². The summed E-state index contributed by atoms with van der Waals surface area (Å²) in [7, 11) is 0. The molecular weight excluding hydrogens is 230 g/mol. The number of carboxylic acids is 1. The van der Waals surface area contributed by atoms with Crippen molar-refractivity contribution in [1.82, 2.24) is 4.90 Å². The minimum Gasteiger partial charge on any atom is -0.481 e. The molecule has 0 aliphatic heterocycles. The predicted molar refractivity (Wildman–Crippen MR) is 70.4 cm³/mol. The van der Waals surface area contributed by atoms with Crippen molar-refractivity contribution < 1.29 is 14.7 Å². The zero-order valence-corrected chi connectivity index (χ0v) is 11.4. The number of nitrogens with zero attached hydrogens (tertiary/aromatic N) is 1. The van der Waals surface area contributed by atoms with E-state index in [1.807, 2.05) is 0 Å². The van der Waals surface area contributed by atoms with Crippen LogP contribution in [0.3, 0.4) is 0 Å². The number of rotatable bonds is 10. The normalized spacial score (nSPS) is 14.5. The van der Waals surface area contributed by atoms with Gasteiger partial charge in [0.2, 0.25) is 5.91 Å². The number of carbonyl (C=O) groups excluding carboxylic acids is 1. The maximum atomic E-state index is 12.0. The number of hydrogen-bond donors (Lipinski definition) is 1. The Morgan fingerprint density at radius 1 is 1.11 bits per heavy atom. The molecule has 0 atom stereocenters. The molecule has 0 unspecified atom stereocenters.